The molecule has 2 aromatic rings. The lowest BCUT2D eigenvalue weighted by Crippen LogP contribution is -2.21. The van der Waals surface area contributed by atoms with Crippen molar-refractivity contribution in [2.45, 2.75) is 18.8 Å². The van der Waals surface area contributed by atoms with Crippen molar-refractivity contribution in [1.29, 1.82) is 0 Å². The first-order valence-electron chi connectivity index (χ1n) is 6.94. The van der Waals surface area contributed by atoms with Crippen LogP contribution < -0.4 is 0 Å². The first-order valence-corrected chi connectivity index (χ1v) is 6.94. The molecule has 2 unspecified atom stereocenters. The molecule has 0 aliphatic heterocycles. The van der Waals surface area contributed by atoms with Gasteiger partial charge in [0, 0.05) is 17.9 Å². The van der Waals surface area contributed by atoms with Crippen LogP contribution >= 0.6 is 0 Å². The number of Topliss-reactive ketones (excluding diaryl/α,β-unsaturated/α-hetero) is 2. The SMILES string of the molecule is O=C(c1ccccc1)C1CCC(=O)C1c1ccccc1. The van der Waals surface area contributed by atoms with Crippen LogP contribution in [0.5, 0.6) is 0 Å². The summed E-state index contributed by atoms with van der Waals surface area (Å²) in [5, 5.41) is 0. The van der Waals surface area contributed by atoms with Gasteiger partial charge in [-0.25, -0.2) is 0 Å². The standard InChI is InChI=1S/C18H16O2/c19-16-12-11-15(17(16)13-7-3-1-4-8-13)18(20)14-9-5-2-6-10-14/h1-10,15,17H,11-12H2. The molecule has 0 N–H and O–H groups in total. The quantitative estimate of drug-likeness (QED) is 0.793. The molecule has 0 heterocycles. The van der Waals surface area contributed by atoms with Crippen molar-refractivity contribution in [3.8, 4) is 0 Å². The molecule has 1 aliphatic rings. The van der Waals surface area contributed by atoms with Crippen molar-refractivity contribution >= 4 is 11.6 Å². The summed E-state index contributed by atoms with van der Waals surface area (Å²) in [6.07, 6.45) is 1.16. The van der Waals surface area contributed by atoms with E-state index in [2.05, 4.69) is 0 Å². The number of hydrogen-bond donors (Lipinski definition) is 0. The maximum Gasteiger partial charge on any atom is 0.167 e. The molecular weight excluding hydrogens is 248 g/mol. The highest BCUT2D eigenvalue weighted by molar-refractivity contribution is 6.04. The zero-order valence-electron chi connectivity index (χ0n) is 11.2. The molecular formula is C18H16O2. The molecule has 20 heavy (non-hydrogen) atoms. The van der Waals surface area contributed by atoms with Gasteiger partial charge in [-0.2, -0.15) is 0 Å². The van der Waals surface area contributed by atoms with Gasteiger partial charge in [0.05, 0.1) is 5.92 Å². The first kappa shape index (κ1) is 12.8. The van der Waals surface area contributed by atoms with E-state index in [0.717, 1.165) is 5.56 Å². The fourth-order valence-corrected chi connectivity index (χ4v) is 3.02. The number of carbonyl (C=O) groups excluding carboxylic acids is 2. The molecule has 2 aromatic carbocycles. The molecule has 1 aliphatic carbocycles. The van der Waals surface area contributed by atoms with Crippen LogP contribution in [0.4, 0.5) is 0 Å². The van der Waals surface area contributed by atoms with E-state index in [1.54, 1.807) is 0 Å². The van der Waals surface area contributed by atoms with Crippen LogP contribution in [0.15, 0.2) is 60.7 Å². The van der Waals surface area contributed by atoms with Crippen molar-refractivity contribution in [3.05, 3.63) is 71.8 Å². The lowest BCUT2D eigenvalue weighted by molar-refractivity contribution is -0.118. The molecule has 3 rings (SSSR count). The van der Waals surface area contributed by atoms with Crippen LogP contribution in [-0.2, 0) is 4.79 Å². The smallest absolute Gasteiger partial charge is 0.167 e. The summed E-state index contributed by atoms with van der Waals surface area (Å²) in [7, 11) is 0. The summed E-state index contributed by atoms with van der Waals surface area (Å²) in [5.41, 5.74) is 1.66. The highest BCUT2D eigenvalue weighted by Crippen LogP contribution is 2.38. The minimum Gasteiger partial charge on any atom is -0.299 e. The van der Waals surface area contributed by atoms with E-state index >= 15 is 0 Å². The Kier molecular flexibility index (Phi) is 3.46. The molecule has 2 heteroatoms. The Labute approximate surface area is 118 Å². The Bertz CT molecular complexity index is 616. The fourth-order valence-electron chi connectivity index (χ4n) is 3.02. The molecule has 1 saturated carbocycles. The second-order valence-electron chi connectivity index (χ2n) is 5.23. The van der Waals surface area contributed by atoms with Crippen molar-refractivity contribution in [1.82, 2.24) is 0 Å². The topological polar surface area (TPSA) is 34.1 Å². The van der Waals surface area contributed by atoms with Gasteiger partial charge in [-0.1, -0.05) is 60.7 Å². The van der Waals surface area contributed by atoms with E-state index in [1.807, 2.05) is 60.7 Å². The number of rotatable bonds is 3. The Morgan fingerprint density at radius 1 is 0.900 bits per heavy atom. The number of hydrogen-bond acceptors (Lipinski definition) is 2. The maximum atomic E-state index is 12.6. The summed E-state index contributed by atoms with van der Waals surface area (Å²) in [5.74, 6) is -0.216. The van der Waals surface area contributed by atoms with Gasteiger partial charge in [0.25, 0.3) is 0 Å². The van der Waals surface area contributed by atoms with Gasteiger partial charge in [-0.15, -0.1) is 0 Å². The predicted octanol–water partition coefficient (Wildman–Crippen LogP) is 3.63. The van der Waals surface area contributed by atoms with Crippen molar-refractivity contribution in [2.24, 2.45) is 5.92 Å². The van der Waals surface area contributed by atoms with Gasteiger partial charge in [-0.05, 0) is 12.0 Å². The average molecular weight is 264 g/mol. The van der Waals surface area contributed by atoms with E-state index in [-0.39, 0.29) is 23.4 Å². The van der Waals surface area contributed by atoms with Gasteiger partial charge in [0.1, 0.15) is 5.78 Å². The van der Waals surface area contributed by atoms with Crippen molar-refractivity contribution < 1.29 is 9.59 Å². The minimum atomic E-state index is -0.274. The third-order valence-corrected chi connectivity index (χ3v) is 4.00. The molecule has 1 fully saturated rings. The van der Waals surface area contributed by atoms with Crippen LogP contribution in [0.25, 0.3) is 0 Å². The van der Waals surface area contributed by atoms with Gasteiger partial charge < -0.3 is 0 Å². The third kappa shape index (κ3) is 2.29. The summed E-state index contributed by atoms with van der Waals surface area (Å²) >= 11 is 0. The second-order valence-corrected chi connectivity index (χ2v) is 5.23. The Hall–Kier alpha value is -2.22. The molecule has 100 valence electrons. The van der Waals surface area contributed by atoms with Crippen LogP contribution in [0.3, 0.4) is 0 Å². The number of carbonyl (C=O) groups is 2. The first-order chi connectivity index (χ1) is 9.77. The number of benzene rings is 2. The lowest BCUT2D eigenvalue weighted by Gasteiger charge is -2.17. The van der Waals surface area contributed by atoms with Crippen molar-refractivity contribution in [3.63, 3.8) is 0 Å². The lowest BCUT2D eigenvalue weighted by atomic mass is 9.83. The molecule has 0 amide bonds. The minimum absolute atomic E-state index is 0.0882. The second kappa shape index (κ2) is 5.41. The van der Waals surface area contributed by atoms with Crippen LogP contribution in [0.1, 0.15) is 34.7 Å². The largest absolute Gasteiger partial charge is 0.299 e. The van der Waals surface area contributed by atoms with E-state index in [0.29, 0.717) is 18.4 Å². The zero-order chi connectivity index (χ0) is 13.9. The molecule has 0 saturated heterocycles. The zero-order valence-corrected chi connectivity index (χ0v) is 11.2. The maximum absolute atomic E-state index is 12.6. The third-order valence-electron chi connectivity index (χ3n) is 4.00. The van der Waals surface area contributed by atoms with E-state index in [1.165, 1.54) is 0 Å². The molecule has 2 atom stereocenters. The molecule has 2 nitrogen and oxygen atoms in total. The molecule has 0 spiro atoms. The monoisotopic (exact) mass is 264 g/mol. The van der Waals surface area contributed by atoms with Crippen LogP contribution in [0, 0.1) is 5.92 Å². The van der Waals surface area contributed by atoms with Crippen LogP contribution in [-0.4, -0.2) is 11.6 Å². The van der Waals surface area contributed by atoms with Gasteiger partial charge in [0.15, 0.2) is 5.78 Å². The van der Waals surface area contributed by atoms with Gasteiger partial charge in [-0.3, -0.25) is 9.59 Å². The Balaban J connectivity index is 1.93. The highest BCUT2D eigenvalue weighted by atomic mass is 16.1. The van der Waals surface area contributed by atoms with E-state index in [4.69, 9.17) is 0 Å². The summed E-state index contributed by atoms with van der Waals surface area (Å²) in [4.78, 5) is 24.8. The van der Waals surface area contributed by atoms with E-state index < -0.39 is 0 Å². The summed E-state index contributed by atoms with van der Waals surface area (Å²) < 4.78 is 0. The average Bonchev–Trinajstić information content (AvgIpc) is 2.90. The van der Waals surface area contributed by atoms with E-state index in [9.17, 15) is 9.59 Å². The van der Waals surface area contributed by atoms with Crippen LogP contribution in [0.2, 0.25) is 0 Å². The summed E-state index contributed by atoms with van der Waals surface area (Å²) in [6.45, 7) is 0. The Morgan fingerprint density at radius 3 is 2.15 bits per heavy atom. The Morgan fingerprint density at radius 2 is 1.50 bits per heavy atom. The van der Waals surface area contributed by atoms with Gasteiger partial charge >= 0.3 is 0 Å². The predicted molar refractivity (Wildman–Crippen MR) is 77.7 cm³/mol. The summed E-state index contributed by atoms with van der Waals surface area (Å²) in [6, 6.07) is 18.9. The van der Waals surface area contributed by atoms with Gasteiger partial charge in [0.2, 0.25) is 0 Å². The highest BCUT2D eigenvalue weighted by Gasteiger charge is 2.40. The molecule has 0 aromatic heterocycles. The molecule has 0 radical (unpaired) electrons. The van der Waals surface area contributed by atoms with Crippen molar-refractivity contribution in [2.75, 3.05) is 0 Å². The molecule has 0 bridgehead atoms. The number of ketones is 2. The normalized spacial score (nSPS) is 21.9. The fraction of sp³-hybridized carbons (Fsp3) is 0.222.